The molecule has 1 saturated heterocycles. The predicted octanol–water partition coefficient (Wildman–Crippen LogP) is 3.63. The summed E-state index contributed by atoms with van der Waals surface area (Å²) in [5.41, 5.74) is 2.70. The molecule has 3 rings (SSSR count). The van der Waals surface area contributed by atoms with Gasteiger partial charge in [0.2, 0.25) is 0 Å². The number of benzene rings is 2. The summed E-state index contributed by atoms with van der Waals surface area (Å²) in [7, 11) is -3.27. The second-order valence-electron chi connectivity index (χ2n) is 7.17. The Kier molecular flexibility index (Phi) is 6.93. The molecule has 0 aromatic heterocycles. The van der Waals surface area contributed by atoms with Gasteiger partial charge < -0.3 is 4.90 Å². The van der Waals surface area contributed by atoms with E-state index in [4.69, 9.17) is 11.6 Å². The van der Waals surface area contributed by atoms with Gasteiger partial charge in [0.25, 0.3) is 0 Å². The van der Waals surface area contributed by atoms with E-state index in [9.17, 15) is 8.42 Å². The van der Waals surface area contributed by atoms with Crippen LogP contribution in [0, 0.1) is 6.92 Å². The van der Waals surface area contributed by atoms with Crippen molar-refractivity contribution >= 4 is 21.4 Å². The molecule has 0 N–H and O–H groups in total. The van der Waals surface area contributed by atoms with Crippen LogP contribution in [0.25, 0.3) is 0 Å². The number of sulfone groups is 1. The molecule has 0 aliphatic carbocycles. The number of halogens is 1. The first-order valence-electron chi connectivity index (χ1n) is 9.41. The van der Waals surface area contributed by atoms with Crippen LogP contribution in [0.1, 0.15) is 17.5 Å². The molecular formula is C21H27ClN2O2S. The molecule has 0 saturated carbocycles. The molecule has 0 bridgehead atoms. The Labute approximate surface area is 167 Å². The van der Waals surface area contributed by atoms with Crippen LogP contribution in [0.2, 0.25) is 5.02 Å². The van der Waals surface area contributed by atoms with Gasteiger partial charge in [-0.25, -0.2) is 8.42 Å². The zero-order valence-electron chi connectivity index (χ0n) is 15.8. The number of hydrogen-bond donors (Lipinski definition) is 0. The van der Waals surface area contributed by atoms with Gasteiger partial charge >= 0.3 is 0 Å². The molecule has 2 aromatic rings. The lowest BCUT2D eigenvalue weighted by Crippen LogP contribution is -2.33. The number of aryl methyl sites for hydroxylation is 1. The molecule has 1 aliphatic heterocycles. The van der Waals surface area contributed by atoms with Crippen molar-refractivity contribution in [2.24, 2.45) is 0 Å². The van der Waals surface area contributed by atoms with E-state index in [0.717, 1.165) is 39.1 Å². The maximum absolute atomic E-state index is 12.5. The standard InChI is InChI=1S/C21H27ClN2O2S/c1-18-5-2-3-6-19(18)17-24-12-4-11-23(13-14-24)15-16-27(25,26)21-9-7-20(22)8-10-21/h2-3,5-10H,4,11-17H2,1H3. The fourth-order valence-corrected chi connectivity index (χ4v) is 4.85. The minimum atomic E-state index is -3.27. The largest absolute Gasteiger partial charge is 0.301 e. The van der Waals surface area contributed by atoms with Crippen LogP contribution in [-0.4, -0.2) is 56.7 Å². The van der Waals surface area contributed by atoms with Gasteiger partial charge in [0, 0.05) is 31.2 Å². The third-order valence-corrected chi connectivity index (χ3v) is 7.15. The molecule has 0 unspecified atom stereocenters. The van der Waals surface area contributed by atoms with Crippen molar-refractivity contribution in [2.75, 3.05) is 38.5 Å². The van der Waals surface area contributed by atoms with Crippen LogP contribution >= 0.6 is 11.6 Å². The molecule has 0 spiro atoms. The Morgan fingerprint density at radius 2 is 1.59 bits per heavy atom. The molecule has 1 aliphatic rings. The summed E-state index contributed by atoms with van der Waals surface area (Å²) in [5.74, 6) is 0.145. The molecule has 0 atom stereocenters. The Hall–Kier alpha value is -1.40. The second-order valence-corrected chi connectivity index (χ2v) is 9.72. The summed E-state index contributed by atoms with van der Waals surface area (Å²) in [6, 6.07) is 14.9. The van der Waals surface area contributed by atoms with Crippen molar-refractivity contribution < 1.29 is 8.42 Å². The van der Waals surface area contributed by atoms with E-state index in [2.05, 4.69) is 41.0 Å². The first kappa shape index (κ1) is 20.3. The smallest absolute Gasteiger partial charge is 0.179 e. The number of nitrogens with zero attached hydrogens (tertiary/aromatic N) is 2. The average Bonchev–Trinajstić information content (AvgIpc) is 2.88. The van der Waals surface area contributed by atoms with E-state index in [1.54, 1.807) is 24.3 Å². The highest BCUT2D eigenvalue weighted by Crippen LogP contribution is 2.16. The minimum Gasteiger partial charge on any atom is -0.301 e. The Morgan fingerprint density at radius 3 is 2.33 bits per heavy atom. The lowest BCUT2D eigenvalue weighted by atomic mass is 10.1. The van der Waals surface area contributed by atoms with Gasteiger partial charge in [-0.3, -0.25) is 4.90 Å². The molecular weight excluding hydrogens is 380 g/mol. The Morgan fingerprint density at radius 1 is 0.926 bits per heavy atom. The monoisotopic (exact) mass is 406 g/mol. The Bertz CT molecular complexity index is 853. The fourth-order valence-electron chi connectivity index (χ4n) is 3.44. The van der Waals surface area contributed by atoms with E-state index in [1.165, 1.54) is 11.1 Å². The normalized spacial score (nSPS) is 17.0. The first-order chi connectivity index (χ1) is 12.9. The molecule has 27 heavy (non-hydrogen) atoms. The molecule has 2 aromatic carbocycles. The fraction of sp³-hybridized carbons (Fsp3) is 0.429. The molecule has 6 heteroatoms. The second kappa shape index (κ2) is 9.20. The van der Waals surface area contributed by atoms with Crippen molar-refractivity contribution in [3.63, 3.8) is 0 Å². The summed E-state index contributed by atoms with van der Waals surface area (Å²) in [4.78, 5) is 5.09. The number of rotatable bonds is 6. The molecule has 146 valence electrons. The molecule has 1 heterocycles. The van der Waals surface area contributed by atoms with Crippen LogP contribution in [0.5, 0.6) is 0 Å². The first-order valence-corrected chi connectivity index (χ1v) is 11.4. The highest BCUT2D eigenvalue weighted by molar-refractivity contribution is 7.91. The van der Waals surface area contributed by atoms with E-state index >= 15 is 0 Å². The van der Waals surface area contributed by atoms with Gasteiger partial charge in [0.15, 0.2) is 9.84 Å². The lowest BCUT2D eigenvalue weighted by molar-refractivity contribution is 0.257. The highest BCUT2D eigenvalue weighted by Gasteiger charge is 2.19. The van der Waals surface area contributed by atoms with E-state index in [-0.39, 0.29) is 5.75 Å². The summed E-state index contributed by atoms with van der Waals surface area (Å²) in [6.07, 6.45) is 1.06. The third-order valence-electron chi connectivity index (χ3n) is 5.19. The summed E-state index contributed by atoms with van der Waals surface area (Å²) < 4.78 is 25.1. The van der Waals surface area contributed by atoms with Crippen molar-refractivity contribution in [3.8, 4) is 0 Å². The zero-order valence-corrected chi connectivity index (χ0v) is 17.3. The van der Waals surface area contributed by atoms with E-state index in [0.29, 0.717) is 16.5 Å². The van der Waals surface area contributed by atoms with Gasteiger partial charge in [-0.05, 0) is 61.8 Å². The molecule has 4 nitrogen and oxygen atoms in total. The van der Waals surface area contributed by atoms with E-state index < -0.39 is 9.84 Å². The highest BCUT2D eigenvalue weighted by atomic mass is 35.5. The van der Waals surface area contributed by atoms with Crippen LogP contribution in [0.3, 0.4) is 0 Å². The van der Waals surface area contributed by atoms with Gasteiger partial charge in [0.05, 0.1) is 10.6 Å². The van der Waals surface area contributed by atoms with Crippen LogP contribution in [-0.2, 0) is 16.4 Å². The maximum atomic E-state index is 12.5. The zero-order chi connectivity index (χ0) is 19.3. The van der Waals surface area contributed by atoms with Crippen LogP contribution in [0.4, 0.5) is 0 Å². The van der Waals surface area contributed by atoms with Crippen molar-refractivity contribution in [1.82, 2.24) is 9.80 Å². The number of hydrogen-bond acceptors (Lipinski definition) is 4. The van der Waals surface area contributed by atoms with Gasteiger partial charge in [0.1, 0.15) is 0 Å². The van der Waals surface area contributed by atoms with Crippen LogP contribution < -0.4 is 0 Å². The van der Waals surface area contributed by atoms with E-state index in [1.807, 2.05) is 0 Å². The summed E-state index contributed by atoms with van der Waals surface area (Å²) in [5, 5.41) is 0.551. The van der Waals surface area contributed by atoms with Gasteiger partial charge in [-0.15, -0.1) is 0 Å². The lowest BCUT2D eigenvalue weighted by Gasteiger charge is -2.22. The summed E-state index contributed by atoms with van der Waals surface area (Å²) in [6.45, 7) is 7.56. The third kappa shape index (κ3) is 5.79. The molecule has 1 fully saturated rings. The SMILES string of the molecule is Cc1ccccc1CN1CCCN(CCS(=O)(=O)c2ccc(Cl)cc2)CC1. The minimum absolute atomic E-state index is 0.145. The quantitative estimate of drug-likeness (QED) is 0.734. The van der Waals surface area contributed by atoms with Gasteiger partial charge in [-0.2, -0.15) is 0 Å². The average molecular weight is 407 g/mol. The topological polar surface area (TPSA) is 40.6 Å². The summed E-state index contributed by atoms with van der Waals surface area (Å²) >= 11 is 5.85. The Balaban J connectivity index is 1.52. The van der Waals surface area contributed by atoms with Crippen LogP contribution in [0.15, 0.2) is 53.4 Å². The van der Waals surface area contributed by atoms with Gasteiger partial charge in [-0.1, -0.05) is 35.9 Å². The molecule has 0 radical (unpaired) electrons. The van der Waals surface area contributed by atoms with Crippen molar-refractivity contribution in [3.05, 3.63) is 64.7 Å². The predicted molar refractivity (Wildman–Crippen MR) is 111 cm³/mol. The van der Waals surface area contributed by atoms with Crippen molar-refractivity contribution in [2.45, 2.75) is 24.8 Å². The van der Waals surface area contributed by atoms with Crippen molar-refractivity contribution in [1.29, 1.82) is 0 Å². The molecule has 0 amide bonds. The maximum Gasteiger partial charge on any atom is 0.179 e.